The predicted octanol–water partition coefficient (Wildman–Crippen LogP) is 3.27. The average Bonchev–Trinajstić information content (AvgIpc) is 2.67. The van der Waals surface area contributed by atoms with Gasteiger partial charge >= 0.3 is 0 Å². The van der Waals surface area contributed by atoms with Gasteiger partial charge in [0.25, 0.3) is 0 Å². The van der Waals surface area contributed by atoms with Gasteiger partial charge in [0.05, 0.1) is 27.4 Å². The summed E-state index contributed by atoms with van der Waals surface area (Å²) in [5.74, 6) is 2.39. The molecule has 0 saturated carbocycles. The zero-order chi connectivity index (χ0) is 18.8. The maximum absolute atomic E-state index is 5.95. The fraction of sp³-hybridized carbons (Fsp3) is 0.316. The third-order valence-electron chi connectivity index (χ3n) is 3.57. The van der Waals surface area contributed by atoms with E-state index in [0.29, 0.717) is 37.2 Å². The van der Waals surface area contributed by atoms with Crippen LogP contribution in [-0.2, 0) is 11.3 Å². The Kier molecular flexibility index (Phi) is 10.3. The van der Waals surface area contributed by atoms with Crippen LogP contribution in [0.3, 0.4) is 0 Å². The predicted molar refractivity (Wildman–Crippen MR) is 118 cm³/mol. The van der Waals surface area contributed by atoms with E-state index in [1.54, 1.807) is 33.5 Å². The van der Waals surface area contributed by atoms with Crippen molar-refractivity contribution in [2.24, 2.45) is 10.7 Å². The van der Waals surface area contributed by atoms with Gasteiger partial charge in [-0.2, -0.15) is 0 Å². The van der Waals surface area contributed by atoms with Gasteiger partial charge in [0.15, 0.2) is 17.5 Å². The molecule has 3 N–H and O–H groups in total. The van der Waals surface area contributed by atoms with Crippen LogP contribution in [0.25, 0.3) is 0 Å². The van der Waals surface area contributed by atoms with Gasteiger partial charge in [0.1, 0.15) is 12.4 Å². The summed E-state index contributed by atoms with van der Waals surface area (Å²) in [6.45, 7) is 1.55. The van der Waals surface area contributed by atoms with Crippen LogP contribution in [0.1, 0.15) is 5.56 Å². The Morgan fingerprint density at radius 2 is 1.67 bits per heavy atom. The third kappa shape index (κ3) is 7.51. The van der Waals surface area contributed by atoms with Crippen LogP contribution in [0.5, 0.6) is 17.2 Å². The van der Waals surface area contributed by atoms with E-state index < -0.39 is 0 Å². The molecule has 8 heteroatoms. The first kappa shape index (κ1) is 22.8. The highest BCUT2D eigenvalue weighted by atomic mass is 127. The summed E-state index contributed by atoms with van der Waals surface area (Å²) < 4.78 is 21.0. The second-order valence-corrected chi connectivity index (χ2v) is 5.38. The smallest absolute Gasteiger partial charge is 0.193 e. The number of hydrogen-bond acceptors (Lipinski definition) is 5. The van der Waals surface area contributed by atoms with Crippen molar-refractivity contribution in [2.45, 2.75) is 6.54 Å². The van der Waals surface area contributed by atoms with Crippen LogP contribution in [0.4, 0.5) is 5.69 Å². The molecule has 0 unspecified atom stereocenters. The lowest BCUT2D eigenvalue weighted by atomic mass is 10.2. The maximum Gasteiger partial charge on any atom is 0.193 e. The van der Waals surface area contributed by atoms with Crippen molar-refractivity contribution in [3.05, 3.63) is 48.0 Å². The van der Waals surface area contributed by atoms with Gasteiger partial charge < -0.3 is 30.0 Å². The first-order valence-corrected chi connectivity index (χ1v) is 8.16. The molecule has 0 aliphatic heterocycles. The Balaban J connectivity index is 0.00000364. The minimum Gasteiger partial charge on any atom is -0.493 e. The summed E-state index contributed by atoms with van der Waals surface area (Å²) in [4.78, 5) is 4.34. The standard InChI is InChI=1S/C19H25N3O4.HI/c1-23-10-11-26-16-7-4-14(5-8-16)13-21-19(20)22-15-6-9-17(24-2)18(12-15)25-3;/h4-9,12H,10-11,13H2,1-3H3,(H3,20,21,22);1H. The number of halogens is 1. The Hall–Kier alpha value is -2.20. The lowest BCUT2D eigenvalue weighted by Gasteiger charge is -2.11. The highest BCUT2D eigenvalue weighted by molar-refractivity contribution is 14.0. The zero-order valence-corrected chi connectivity index (χ0v) is 18.1. The number of guanidine groups is 1. The quantitative estimate of drug-likeness (QED) is 0.245. The number of benzene rings is 2. The molecule has 0 atom stereocenters. The monoisotopic (exact) mass is 487 g/mol. The second kappa shape index (κ2) is 12.2. The molecule has 0 saturated heterocycles. The largest absolute Gasteiger partial charge is 0.493 e. The number of rotatable bonds is 9. The number of anilines is 1. The Bertz CT molecular complexity index is 723. The highest BCUT2D eigenvalue weighted by Crippen LogP contribution is 2.29. The minimum atomic E-state index is 0. The van der Waals surface area contributed by atoms with E-state index in [4.69, 9.17) is 24.7 Å². The third-order valence-corrected chi connectivity index (χ3v) is 3.57. The number of nitrogens with one attached hydrogen (secondary N) is 1. The number of hydrogen-bond donors (Lipinski definition) is 2. The van der Waals surface area contributed by atoms with Gasteiger partial charge in [-0.25, -0.2) is 4.99 Å². The summed E-state index contributed by atoms with van der Waals surface area (Å²) in [5, 5.41) is 3.04. The normalized spacial score (nSPS) is 10.7. The number of aliphatic imine (C=N–C) groups is 1. The zero-order valence-electron chi connectivity index (χ0n) is 15.7. The molecule has 0 fully saturated rings. The molecule has 27 heavy (non-hydrogen) atoms. The van der Waals surface area contributed by atoms with E-state index in [-0.39, 0.29) is 24.0 Å². The highest BCUT2D eigenvalue weighted by Gasteiger charge is 2.05. The van der Waals surface area contributed by atoms with Crippen LogP contribution in [-0.4, -0.2) is 40.5 Å². The van der Waals surface area contributed by atoms with E-state index in [2.05, 4.69) is 10.3 Å². The van der Waals surface area contributed by atoms with Gasteiger partial charge in [-0.15, -0.1) is 24.0 Å². The minimum absolute atomic E-state index is 0. The van der Waals surface area contributed by atoms with Crippen molar-refractivity contribution in [1.82, 2.24) is 0 Å². The molecule has 0 radical (unpaired) electrons. The van der Waals surface area contributed by atoms with E-state index in [0.717, 1.165) is 17.0 Å². The SMILES string of the molecule is COCCOc1ccc(CN=C(N)Nc2ccc(OC)c(OC)c2)cc1.I. The van der Waals surface area contributed by atoms with E-state index in [9.17, 15) is 0 Å². The van der Waals surface area contributed by atoms with Crippen molar-refractivity contribution in [3.63, 3.8) is 0 Å². The molecule has 7 nitrogen and oxygen atoms in total. The lowest BCUT2D eigenvalue weighted by molar-refractivity contribution is 0.146. The lowest BCUT2D eigenvalue weighted by Crippen LogP contribution is -2.22. The number of ether oxygens (including phenoxy) is 4. The molecule has 0 aliphatic rings. The van der Waals surface area contributed by atoms with Crippen molar-refractivity contribution in [3.8, 4) is 17.2 Å². The maximum atomic E-state index is 5.95. The molecule has 148 valence electrons. The fourth-order valence-corrected chi connectivity index (χ4v) is 2.21. The van der Waals surface area contributed by atoms with Crippen molar-refractivity contribution in [2.75, 3.05) is 39.9 Å². The van der Waals surface area contributed by atoms with Gasteiger partial charge in [-0.3, -0.25) is 0 Å². The Morgan fingerprint density at radius 1 is 0.963 bits per heavy atom. The molecule has 2 rings (SSSR count). The van der Waals surface area contributed by atoms with E-state index in [1.165, 1.54) is 0 Å². The topological polar surface area (TPSA) is 87.3 Å². The summed E-state index contributed by atoms with van der Waals surface area (Å²) >= 11 is 0. The summed E-state index contributed by atoms with van der Waals surface area (Å²) in [6, 6.07) is 13.2. The average molecular weight is 487 g/mol. The van der Waals surface area contributed by atoms with Gasteiger partial charge in [-0.1, -0.05) is 12.1 Å². The molecular weight excluding hydrogens is 461 g/mol. The Labute approximate surface area is 176 Å². The van der Waals surface area contributed by atoms with Crippen LogP contribution < -0.4 is 25.3 Å². The van der Waals surface area contributed by atoms with Crippen molar-refractivity contribution >= 4 is 35.6 Å². The number of methoxy groups -OCH3 is 3. The van der Waals surface area contributed by atoms with Crippen LogP contribution >= 0.6 is 24.0 Å². The molecule has 0 amide bonds. The fourth-order valence-electron chi connectivity index (χ4n) is 2.21. The molecule has 2 aromatic carbocycles. The van der Waals surface area contributed by atoms with Crippen molar-refractivity contribution < 1.29 is 18.9 Å². The molecule has 0 bridgehead atoms. The molecule has 0 spiro atoms. The molecule has 0 aliphatic carbocycles. The molecule has 0 aromatic heterocycles. The second-order valence-electron chi connectivity index (χ2n) is 5.38. The first-order valence-electron chi connectivity index (χ1n) is 8.16. The van der Waals surface area contributed by atoms with Gasteiger partial charge in [0, 0.05) is 18.9 Å². The van der Waals surface area contributed by atoms with Crippen LogP contribution in [0.15, 0.2) is 47.5 Å². The van der Waals surface area contributed by atoms with Crippen LogP contribution in [0.2, 0.25) is 0 Å². The number of nitrogens with zero attached hydrogens (tertiary/aromatic N) is 1. The van der Waals surface area contributed by atoms with E-state index >= 15 is 0 Å². The number of nitrogens with two attached hydrogens (primary N) is 1. The van der Waals surface area contributed by atoms with Crippen molar-refractivity contribution in [1.29, 1.82) is 0 Å². The van der Waals surface area contributed by atoms with E-state index in [1.807, 2.05) is 30.3 Å². The molecular formula is C19H26IN3O4. The van der Waals surface area contributed by atoms with Gasteiger partial charge in [0.2, 0.25) is 0 Å². The Morgan fingerprint density at radius 3 is 2.30 bits per heavy atom. The summed E-state index contributed by atoms with van der Waals surface area (Å²) in [5.41, 5.74) is 7.75. The van der Waals surface area contributed by atoms with Crippen LogP contribution in [0, 0.1) is 0 Å². The summed E-state index contributed by atoms with van der Waals surface area (Å²) in [7, 11) is 4.82. The van der Waals surface area contributed by atoms with Gasteiger partial charge in [-0.05, 0) is 29.8 Å². The molecule has 2 aromatic rings. The first-order chi connectivity index (χ1) is 12.7. The molecule has 0 heterocycles. The summed E-state index contributed by atoms with van der Waals surface area (Å²) in [6.07, 6.45) is 0.